The zero-order chi connectivity index (χ0) is 11.6. The predicted molar refractivity (Wildman–Crippen MR) is 62.2 cm³/mol. The van der Waals surface area contributed by atoms with Gasteiger partial charge < -0.3 is 10.8 Å². The lowest BCUT2D eigenvalue weighted by molar-refractivity contribution is -0.143. The van der Waals surface area contributed by atoms with E-state index in [0.29, 0.717) is 5.75 Å². The molecule has 1 aliphatic rings. The number of rotatable bonds is 5. The Balaban J connectivity index is 2.00. The van der Waals surface area contributed by atoms with Gasteiger partial charge >= 0.3 is 5.97 Å². The number of hydrogen-bond donors (Lipinski definition) is 2. The van der Waals surface area contributed by atoms with E-state index in [1.54, 1.807) is 6.20 Å². The number of aliphatic carboxylic acids is 1. The second-order valence-corrected chi connectivity index (χ2v) is 5.07. The third-order valence-corrected chi connectivity index (χ3v) is 3.96. The summed E-state index contributed by atoms with van der Waals surface area (Å²) in [6, 6.07) is 5.57. The molecule has 0 radical (unpaired) electrons. The molecule has 16 heavy (non-hydrogen) atoms. The van der Waals surface area contributed by atoms with Gasteiger partial charge in [-0.3, -0.25) is 4.79 Å². The fraction of sp³-hybridized carbons (Fsp3) is 0.455. The van der Waals surface area contributed by atoms with Crippen molar-refractivity contribution in [2.45, 2.75) is 23.4 Å². The van der Waals surface area contributed by atoms with Crippen molar-refractivity contribution in [2.75, 3.05) is 5.75 Å². The van der Waals surface area contributed by atoms with Crippen LogP contribution in [-0.2, 0) is 4.79 Å². The molecule has 1 atom stereocenters. The zero-order valence-corrected chi connectivity index (χ0v) is 9.61. The number of thioether (sulfide) groups is 1. The van der Waals surface area contributed by atoms with Crippen LogP contribution < -0.4 is 5.73 Å². The monoisotopic (exact) mass is 238 g/mol. The summed E-state index contributed by atoms with van der Waals surface area (Å²) in [7, 11) is 0. The molecule has 1 aliphatic carbocycles. The quantitative estimate of drug-likeness (QED) is 0.758. The minimum atomic E-state index is -1.10. The molecule has 4 nitrogen and oxygen atoms in total. The largest absolute Gasteiger partial charge is 0.480 e. The van der Waals surface area contributed by atoms with Crippen molar-refractivity contribution in [3.8, 4) is 0 Å². The van der Waals surface area contributed by atoms with Crippen LogP contribution in [0.25, 0.3) is 0 Å². The number of carboxylic acids is 1. The van der Waals surface area contributed by atoms with Crippen LogP contribution in [0.1, 0.15) is 12.8 Å². The van der Waals surface area contributed by atoms with Crippen LogP contribution in [0.15, 0.2) is 29.4 Å². The molecule has 1 aromatic rings. The number of nitrogens with two attached hydrogens (primary N) is 1. The van der Waals surface area contributed by atoms with Crippen molar-refractivity contribution in [3.63, 3.8) is 0 Å². The van der Waals surface area contributed by atoms with E-state index in [0.717, 1.165) is 17.9 Å². The summed E-state index contributed by atoms with van der Waals surface area (Å²) < 4.78 is 0. The molecule has 0 saturated heterocycles. The van der Waals surface area contributed by atoms with Crippen LogP contribution >= 0.6 is 11.8 Å². The van der Waals surface area contributed by atoms with E-state index in [9.17, 15) is 4.79 Å². The van der Waals surface area contributed by atoms with Crippen molar-refractivity contribution in [1.29, 1.82) is 0 Å². The van der Waals surface area contributed by atoms with Crippen molar-refractivity contribution in [1.82, 2.24) is 4.98 Å². The van der Waals surface area contributed by atoms with Gasteiger partial charge in [-0.1, -0.05) is 6.07 Å². The van der Waals surface area contributed by atoms with Crippen molar-refractivity contribution in [2.24, 2.45) is 11.7 Å². The Bertz CT molecular complexity index is 381. The first-order valence-electron chi connectivity index (χ1n) is 5.19. The topological polar surface area (TPSA) is 76.2 Å². The maximum absolute atomic E-state index is 11.2. The van der Waals surface area contributed by atoms with E-state index in [-0.39, 0.29) is 5.92 Å². The minimum absolute atomic E-state index is 0.126. The molecule has 5 heteroatoms. The molecule has 0 spiro atoms. The van der Waals surface area contributed by atoms with E-state index < -0.39 is 11.5 Å². The standard InChI is InChI=1S/C11H14N2O2S/c12-11(10(14)15,8-4-5-8)7-16-9-3-1-2-6-13-9/h1-3,6,8H,4-5,7,12H2,(H,14,15). The average molecular weight is 238 g/mol. The first-order chi connectivity index (χ1) is 7.63. The van der Waals surface area contributed by atoms with Gasteiger partial charge in [0.1, 0.15) is 5.54 Å². The number of pyridine rings is 1. The number of aromatic nitrogens is 1. The maximum Gasteiger partial charge on any atom is 0.324 e. The van der Waals surface area contributed by atoms with E-state index >= 15 is 0 Å². The summed E-state index contributed by atoms with van der Waals surface area (Å²) in [5.74, 6) is -0.399. The fourth-order valence-corrected chi connectivity index (χ4v) is 2.63. The second-order valence-electron chi connectivity index (χ2n) is 4.08. The van der Waals surface area contributed by atoms with Crippen LogP contribution in [0.2, 0.25) is 0 Å². The van der Waals surface area contributed by atoms with Crippen LogP contribution in [0.5, 0.6) is 0 Å². The normalized spacial score (nSPS) is 19.1. The summed E-state index contributed by atoms with van der Waals surface area (Å²) in [5, 5.41) is 9.98. The molecule has 0 amide bonds. The van der Waals surface area contributed by atoms with E-state index in [2.05, 4.69) is 4.98 Å². The zero-order valence-electron chi connectivity index (χ0n) is 8.80. The van der Waals surface area contributed by atoms with Gasteiger partial charge in [-0.2, -0.15) is 0 Å². The fourth-order valence-electron chi connectivity index (χ4n) is 1.58. The average Bonchev–Trinajstić information content (AvgIpc) is 3.11. The Morgan fingerprint density at radius 2 is 2.38 bits per heavy atom. The third kappa shape index (κ3) is 2.36. The number of carbonyl (C=O) groups is 1. The van der Waals surface area contributed by atoms with Gasteiger partial charge in [0.05, 0.1) is 5.03 Å². The lowest BCUT2D eigenvalue weighted by Crippen LogP contribution is -2.52. The van der Waals surface area contributed by atoms with Gasteiger partial charge in [0.15, 0.2) is 0 Å². The molecule has 0 bridgehead atoms. The van der Waals surface area contributed by atoms with Gasteiger partial charge in [-0.25, -0.2) is 4.98 Å². The minimum Gasteiger partial charge on any atom is -0.480 e. The Hall–Kier alpha value is -1.07. The molecule has 1 fully saturated rings. The molecule has 3 N–H and O–H groups in total. The molecule has 0 aromatic carbocycles. The van der Waals surface area contributed by atoms with Crippen molar-refractivity contribution in [3.05, 3.63) is 24.4 Å². The lowest BCUT2D eigenvalue weighted by atomic mass is 9.98. The molecule has 1 heterocycles. The highest BCUT2D eigenvalue weighted by Crippen LogP contribution is 2.40. The van der Waals surface area contributed by atoms with E-state index in [1.807, 2.05) is 18.2 Å². The summed E-state index contributed by atoms with van der Waals surface area (Å²) in [5.41, 5.74) is 4.85. The van der Waals surface area contributed by atoms with Crippen LogP contribution in [0.3, 0.4) is 0 Å². The number of nitrogens with zero attached hydrogens (tertiary/aromatic N) is 1. The summed E-state index contributed by atoms with van der Waals surface area (Å²) in [6.45, 7) is 0. The molecular weight excluding hydrogens is 224 g/mol. The summed E-state index contributed by atoms with van der Waals surface area (Å²) >= 11 is 1.41. The van der Waals surface area contributed by atoms with Crippen LogP contribution in [-0.4, -0.2) is 27.4 Å². The van der Waals surface area contributed by atoms with Gasteiger partial charge in [-0.15, -0.1) is 11.8 Å². The molecular formula is C11H14N2O2S. The number of hydrogen-bond acceptors (Lipinski definition) is 4. The molecule has 86 valence electrons. The molecule has 1 unspecified atom stereocenters. The maximum atomic E-state index is 11.2. The first kappa shape index (κ1) is 11.4. The molecule has 0 aliphatic heterocycles. The van der Waals surface area contributed by atoms with Crippen molar-refractivity contribution < 1.29 is 9.90 Å². The molecule has 1 saturated carbocycles. The Morgan fingerprint density at radius 3 is 2.88 bits per heavy atom. The SMILES string of the molecule is NC(CSc1ccccn1)(C(=O)O)C1CC1. The third-order valence-electron chi connectivity index (χ3n) is 2.80. The Labute approximate surface area is 98.3 Å². The second kappa shape index (κ2) is 4.43. The van der Waals surface area contributed by atoms with E-state index in [1.165, 1.54) is 11.8 Å². The van der Waals surface area contributed by atoms with Gasteiger partial charge in [0.25, 0.3) is 0 Å². The Morgan fingerprint density at radius 1 is 1.62 bits per heavy atom. The molecule has 1 aromatic heterocycles. The van der Waals surface area contributed by atoms with Gasteiger partial charge in [0.2, 0.25) is 0 Å². The summed E-state index contributed by atoms with van der Waals surface area (Å²) in [4.78, 5) is 15.3. The lowest BCUT2D eigenvalue weighted by Gasteiger charge is -2.23. The van der Waals surface area contributed by atoms with E-state index in [4.69, 9.17) is 10.8 Å². The van der Waals surface area contributed by atoms with Gasteiger partial charge in [0, 0.05) is 11.9 Å². The first-order valence-corrected chi connectivity index (χ1v) is 6.17. The summed E-state index contributed by atoms with van der Waals surface area (Å²) in [6.07, 6.45) is 3.54. The highest BCUT2D eigenvalue weighted by Gasteiger charge is 2.48. The van der Waals surface area contributed by atoms with Gasteiger partial charge in [-0.05, 0) is 30.9 Å². The molecule has 2 rings (SSSR count). The van der Waals surface area contributed by atoms with Crippen molar-refractivity contribution >= 4 is 17.7 Å². The highest BCUT2D eigenvalue weighted by molar-refractivity contribution is 7.99. The highest BCUT2D eigenvalue weighted by atomic mass is 32.2. The number of carboxylic acid groups (broad SMARTS) is 1. The smallest absolute Gasteiger partial charge is 0.324 e. The van der Waals surface area contributed by atoms with Crippen LogP contribution in [0.4, 0.5) is 0 Å². The predicted octanol–water partition coefficient (Wildman–Crippen LogP) is 1.37. The van der Waals surface area contributed by atoms with Crippen LogP contribution in [0, 0.1) is 5.92 Å². The Kier molecular flexibility index (Phi) is 3.16.